The van der Waals surface area contributed by atoms with Crippen LogP contribution >= 0.6 is 0 Å². The molecule has 4 aromatic rings. The Morgan fingerprint density at radius 3 is 2.60 bits per heavy atom. The molecule has 1 unspecified atom stereocenters. The van der Waals surface area contributed by atoms with Gasteiger partial charge < -0.3 is 0 Å². The van der Waals surface area contributed by atoms with Crippen LogP contribution in [-0.2, 0) is 0 Å². The minimum absolute atomic E-state index is 0.217. The van der Waals surface area contributed by atoms with E-state index < -0.39 is 0 Å². The number of hydrogen-bond acceptors (Lipinski definition) is 3. The van der Waals surface area contributed by atoms with Crippen molar-refractivity contribution in [1.82, 2.24) is 20.6 Å². The highest BCUT2D eigenvalue weighted by Gasteiger charge is 2.28. The van der Waals surface area contributed by atoms with E-state index in [1.807, 2.05) is 0 Å². The zero-order valence-electron chi connectivity index (χ0n) is 13.8. The van der Waals surface area contributed by atoms with Crippen LogP contribution in [0.2, 0.25) is 0 Å². The first-order valence-electron chi connectivity index (χ1n) is 8.35. The van der Waals surface area contributed by atoms with Gasteiger partial charge in [0, 0.05) is 11.5 Å². The molecule has 25 heavy (non-hydrogen) atoms. The quantitative estimate of drug-likeness (QED) is 0.587. The Kier molecular flexibility index (Phi) is 3.04. The van der Waals surface area contributed by atoms with E-state index in [0.717, 1.165) is 10.9 Å². The Balaban J connectivity index is 1.84. The minimum Gasteiger partial charge on any atom is -0.177 e. The van der Waals surface area contributed by atoms with Crippen molar-refractivity contribution in [3.8, 4) is 11.4 Å². The van der Waals surface area contributed by atoms with E-state index >= 15 is 0 Å². The normalized spacial score (nSPS) is 16.0. The van der Waals surface area contributed by atoms with Gasteiger partial charge in [-0.1, -0.05) is 72.3 Å². The number of benzene rings is 3. The fraction of sp³-hybridized carbons (Fsp3) is 0.0952. The van der Waals surface area contributed by atoms with Gasteiger partial charge in [-0.25, -0.2) is 0 Å². The average Bonchev–Trinajstić information content (AvgIpc) is 3.27. The van der Waals surface area contributed by atoms with Crippen molar-refractivity contribution >= 4 is 16.8 Å². The Labute approximate surface area is 145 Å². The number of hydrogen-bond donors (Lipinski definition) is 1. The van der Waals surface area contributed by atoms with Gasteiger partial charge in [0.15, 0.2) is 0 Å². The zero-order valence-corrected chi connectivity index (χ0v) is 13.8. The van der Waals surface area contributed by atoms with Crippen molar-refractivity contribution in [3.63, 3.8) is 0 Å². The molecule has 0 saturated heterocycles. The Hall–Kier alpha value is -3.27. The topological polar surface area (TPSA) is 54.5 Å². The van der Waals surface area contributed by atoms with E-state index in [0.29, 0.717) is 5.82 Å². The second-order valence-corrected chi connectivity index (χ2v) is 6.44. The van der Waals surface area contributed by atoms with E-state index in [2.05, 4.69) is 94.3 Å². The lowest BCUT2D eigenvalue weighted by Crippen LogP contribution is -2.03. The number of rotatable bonds is 2. The molecule has 3 aromatic carbocycles. The Morgan fingerprint density at radius 2 is 1.72 bits per heavy atom. The monoisotopic (exact) mass is 324 g/mol. The number of nitrogens with zero attached hydrogens (tertiary/aromatic N) is 3. The van der Waals surface area contributed by atoms with Gasteiger partial charge in [-0.05, 0) is 39.6 Å². The summed E-state index contributed by atoms with van der Waals surface area (Å²) in [6.07, 6.45) is 2.27. The van der Waals surface area contributed by atoms with Gasteiger partial charge in [-0.15, -0.1) is 10.2 Å². The molecule has 0 radical (unpaired) electrons. The van der Waals surface area contributed by atoms with Crippen LogP contribution in [0.5, 0.6) is 0 Å². The minimum atomic E-state index is 0.217. The SMILES string of the molecule is CC1=Cc2ccccc2C1c1ccc2ccccc2c1-c1nn[nH]n1. The highest BCUT2D eigenvalue weighted by molar-refractivity contribution is 5.97. The summed E-state index contributed by atoms with van der Waals surface area (Å²) in [6.45, 7) is 2.19. The highest BCUT2D eigenvalue weighted by Crippen LogP contribution is 2.45. The molecule has 4 heteroatoms. The molecule has 0 amide bonds. The average molecular weight is 324 g/mol. The lowest BCUT2D eigenvalue weighted by Gasteiger charge is -2.19. The van der Waals surface area contributed by atoms with Crippen LogP contribution < -0.4 is 0 Å². The molecule has 1 aliphatic rings. The van der Waals surface area contributed by atoms with Gasteiger partial charge in [0.25, 0.3) is 0 Å². The molecule has 1 heterocycles. The van der Waals surface area contributed by atoms with Gasteiger partial charge in [-0.2, -0.15) is 5.21 Å². The maximum atomic E-state index is 4.28. The summed E-state index contributed by atoms with van der Waals surface area (Å²) in [5.41, 5.74) is 6.23. The lowest BCUT2D eigenvalue weighted by atomic mass is 9.84. The van der Waals surface area contributed by atoms with E-state index in [-0.39, 0.29) is 5.92 Å². The third-order valence-electron chi connectivity index (χ3n) is 4.99. The van der Waals surface area contributed by atoms with Gasteiger partial charge >= 0.3 is 0 Å². The summed E-state index contributed by atoms with van der Waals surface area (Å²) in [5, 5.41) is 17.3. The standard InChI is InChI=1S/C21H16N4/c1-13-12-15-7-3-5-9-17(15)19(13)18-11-10-14-6-2-4-8-16(14)20(18)21-22-24-25-23-21/h2-12,19H,1H3,(H,22,23,24,25). The first-order valence-corrected chi connectivity index (χ1v) is 8.35. The van der Waals surface area contributed by atoms with Crippen LogP contribution in [0, 0.1) is 0 Å². The third-order valence-corrected chi connectivity index (χ3v) is 4.99. The molecule has 0 spiro atoms. The van der Waals surface area contributed by atoms with Crippen molar-refractivity contribution < 1.29 is 0 Å². The molecular formula is C21H16N4. The molecule has 1 N–H and O–H groups in total. The predicted molar refractivity (Wildman–Crippen MR) is 99.1 cm³/mol. The molecule has 1 aromatic heterocycles. The van der Waals surface area contributed by atoms with Gasteiger partial charge in [0.2, 0.25) is 5.82 Å². The molecule has 0 bridgehead atoms. The van der Waals surface area contributed by atoms with Crippen LogP contribution in [0.25, 0.3) is 28.2 Å². The highest BCUT2D eigenvalue weighted by atomic mass is 15.5. The molecular weight excluding hydrogens is 308 g/mol. The largest absolute Gasteiger partial charge is 0.205 e. The lowest BCUT2D eigenvalue weighted by molar-refractivity contribution is 0.881. The smallest absolute Gasteiger partial charge is 0.177 e. The molecule has 1 aliphatic carbocycles. The van der Waals surface area contributed by atoms with Crippen molar-refractivity contribution in [2.45, 2.75) is 12.8 Å². The predicted octanol–water partition coefficient (Wildman–Crippen LogP) is 4.57. The summed E-state index contributed by atoms with van der Waals surface area (Å²) >= 11 is 0. The number of nitrogens with one attached hydrogen (secondary N) is 1. The molecule has 0 aliphatic heterocycles. The van der Waals surface area contributed by atoms with Crippen molar-refractivity contribution in [2.75, 3.05) is 0 Å². The van der Waals surface area contributed by atoms with E-state index in [9.17, 15) is 0 Å². The molecule has 120 valence electrons. The van der Waals surface area contributed by atoms with Crippen molar-refractivity contribution in [3.05, 3.63) is 82.9 Å². The molecule has 0 fully saturated rings. The van der Waals surface area contributed by atoms with E-state index in [1.54, 1.807) is 0 Å². The van der Waals surface area contributed by atoms with Crippen LogP contribution in [0.4, 0.5) is 0 Å². The molecule has 4 nitrogen and oxygen atoms in total. The summed E-state index contributed by atoms with van der Waals surface area (Å²) < 4.78 is 0. The number of aromatic amines is 1. The number of tetrazole rings is 1. The molecule has 1 atom stereocenters. The number of H-pyrrole nitrogens is 1. The fourth-order valence-electron chi connectivity index (χ4n) is 3.94. The summed E-state index contributed by atoms with van der Waals surface area (Å²) in [6, 6.07) is 21.3. The van der Waals surface area contributed by atoms with Gasteiger partial charge in [0.1, 0.15) is 0 Å². The second-order valence-electron chi connectivity index (χ2n) is 6.44. The van der Waals surface area contributed by atoms with Crippen LogP contribution in [0.3, 0.4) is 0 Å². The number of fused-ring (bicyclic) bond motifs is 2. The zero-order chi connectivity index (χ0) is 16.8. The summed E-state index contributed by atoms with van der Waals surface area (Å²) in [7, 11) is 0. The van der Waals surface area contributed by atoms with E-state index in [4.69, 9.17) is 0 Å². The molecule has 0 saturated carbocycles. The Bertz CT molecular complexity index is 1110. The molecule has 5 rings (SSSR count). The van der Waals surface area contributed by atoms with Crippen LogP contribution in [0.15, 0.2) is 66.2 Å². The van der Waals surface area contributed by atoms with Gasteiger partial charge in [0.05, 0.1) is 0 Å². The second kappa shape index (κ2) is 5.38. The maximum absolute atomic E-state index is 4.28. The van der Waals surface area contributed by atoms with Crippen LogP contribution in [-0.4, -0.2) is 20.6 Å². The maximum Gasteiger partial charge on any atom is 0.205 e. The van der Waals surface area contributed by atoms with E-state index in [1.165, 1.54) is 27.6 Å². The first-order chi connectivity index (χ1) is 12.3. The van der Waals surface area contributed by atoms with Crippen LogP contribution in [0.1, 0.15) is 29.5 Å². The van der Waals surface area contributed by atoms with Crippen molar-refractivity contribution in [1.29, 1.82) is 0 Å². The number of allylic oxidation sites excluding steroid dienone is 1. The fourth-order valence-corrected chi connectivity index (χ4v) is 3.94. The Morgan fingerprint density at radius 1 is 0.880 bits per heavy atom. The summed E-state index contributed by atoms with van der Waals surface area (Å²) in [4.78, 5) is 0. The first kappa shape index (κ1) is 14.1. The van der Waals surface area contributed by atoms with Gasteiger partial charge in [-0.3, -0.25) is 0 Å². The summed E-state index contributed by atoms with van der Waals surface area (Å²) in [5.74, 6) is 0.860. The number of aromatic nitrogens is 4. The third kappa shape index (κ3) is 2.11. The van der Waals surface area contributed by atoms with Crippen molar-refractivity contribution in [2.24, 2.45) is 0 Å².